The molecule has 18 heteroatoms. The fourth-order valence-corrected chi connectivity index (χ4v) is 13.1. The average molecular weight is 1020 g/mol. The second-order valence-electron chi connectivity index (χ2n) is 13.8. The maximum atomic E-state index is 6.20. The molecule has 0 N–H and O–H groups in total. The zero-order valence-corrected chi connectivity index (χ0v) is 40.6. The number of hydrogen-bond donors (Lipinski definition) is 0. The fourth-order valence-electron chi connectivity index (χ4n) is 6.77. The molecular weight excluding hydrogens is 990 g/mol. The van der Waals surface area contributed by atoms with E-state index in [1.807, 2.05) is 25.1 Å². The summed E-state index contributed by atoms with van der Waals surface area (Å²) in [5.41, 5.74) is 5.94. The molecule has 0 saturated heterocycles. The number of benzene rings is 1. The Morgan fingerprint density at radius 1 is 0.627 bits per heavy atom. The standard InChI is InChI=1S/C12H6BrClN2S.C12H12Cl2N2S.C9H9ClN2S.C8H7ClN2S/c13-10-8(7-4-2-1-3-5-7)9-11(14)15-6-16-12(9)17-10;13-10-9-8(7-4-2-1-3-5-7)6-17-11(9)16-12(14)15-10;1-5(2)6-3-13-9-7(6)8(10)11-4-12-9;1-4-5(2)12-8-6(4)7(9)10-3-11-8/h1-6H;6-7H,1-5H2;3-5H,1-2H3;3H,1-2H3. The highest BCUT2D eigenvalue weighted by Gasteiger charge is 2.22. The van der Waals surface area contributed by atoms with Crippen LogP contribution >= 0.6 is 119 Å². The lowest BCUT2D eigenvalue weighted by Crippen LogP contribution is -2.04. The molecule has 0 bridgehead atoms. The van der Waals surface area contributed by atoms with Crippen molar-refractivity contribution in [2.75, 3.05) is 0 Å². The zero-order chi connectivity index (χ0) is 41.8. The van der Waals surface area contributed by atoms with E-state index in [1.165, 1.54) is 72.7 Å². The molecule has 0 unspecified atom stereocenters. The number of aryl methyl sites for hydroxylation is 2. The molecule has 1 aromatic carbocycles. The lowest BCUT2D eigenvalue weighted by molar-refractivity contribution is 0.446. The second-order valence-corrected chi connectivity index (χ2v) is 20.8. The minimum absolute atomic E-state index is 0.236. The van der Waals surface area contributed by atoms with Crippen molar-refractivity contribution < 1.29 is 0 Å². The lowest BCUT2D eigenvalue weighted by atomic mass is 9.84. The molecule has 0 atom stereocenters. The van der Waals surface area contributed by atoms with Gasteiger partial charge in [0.2, 0.25) is 5.28 Å². The summed E-state index contributed by atoms with van der Waals surface area (Å²) in [7, 11) is 0. The Balaban J connectivity index is 0.000000121. The van der Waals surface area contributed by atoms with Gasteiger partial charge in [-0.1, -0.05) is 110 Å². The molecule has 9 aromatic rings. The van der Waals surface area contributed by atoms with Gasteiger partial charge in [0.1, 0.15) is 58.9 Å². The van der Waals surface area contributed by atoms with Crippen LogP contribution in [0.3, 0.4) is 0 Å². The Hall–Kier alpha value is -2.69. The number of rotatable bonds is 3. The van der Waals surface area contributed by atoms with Crippen LogP contribution in [0.15, 0.2) is 63.9 Å². The zero-order valence-electron chi connectivity index (χ0n) is 31.9. The van der Waals surface area contributed by atoms with Crippen molar-refractivity contribution in [1.82, 2.24) is 39.9 Å². The van der Waals surface area contributed by atoms with Gasteiger partial charge < -0.3 is 0 Å². The molecule has 1 fully saturated rings. The normalized spacial score (nSPS) is 13.0. The summed E-state index contributed by atoms with van der Waals surface area (Å²) >= 11 is 40.1. The Labute approximate surface area is 390 Å². The van der Waals surface area contributed by atoms with Gasteiger partial charge in [-0.2, -0.15) is 0 Å². The number of nitrogens with zero attached hydrogens (tertiary/aromatic N) is 8. The topological polar surface area (TPSA) is 103 Å². The molecule has 304 valence electrons. The summed E-state index contributed by atoms with van der Waals surface area (Å²) in [6.07, 6.45) is 11.0. The van der Waals surface area contributed by atoms with Gasteiger partial charge >= 0.3 is 0 Å². The molecule has 0 spiro atoms. The van der Waals surface area contributed by atoms with Gasteiger partial charge in [-0.05, 0) is 99.1 Å². The van der Waals surface area contributed by atoms with E-state index < -0.39 is 0 Å². The summed E-state index contributed by atoms with van der Waals surface area (Å²) in [6.45, 7) is 8.40. The van der Waals surface area contributed by atoms with Crippen LogP contribution in [0, 0.1) is 13.8 Å². The lowest BCUT2D eigenvalue weighted by Gasteiger charge is -2.21. The fraction of sp³-hybridized carbons (Fsp3) is 0.268. The summed E-state index contributed by atoms with van der Waals surface area (Å²) in [4.78, 5) is 37.8. The van der Waals surface area contributed by atoms with Crippen molar-refractivity contribution in [3.63, 3.8) is 0 Å². The predicted octanol–water partition coefficient (Wildman–Crippen LogP) is 16.2. The van der Waals surface area contributed by atoms with Crippen molar-refractivity contribution >= 4 is 160 Å². The van der Waals surface area contributed by atoms with E-state index in [0.717, 1.165) is 55.8 Å². The SMILES string of the molecule is CC(C)c1csc2ncnc(Cl)c12.Cc1sc2ncnc(Cl)c2c1C.Clc1nc(Cl)c2c(C3CCCCC3)csc2n1.Clc1ncnc2sc(Br)c(-c3ccccc3)c12. The summed E-state index contributed by atoms with van der Waals surface area (Å²) in [5, 5.41) is 10.6. The van der Waals surface area contributed by atoms with E-state index in [-0.39, 0.29) is 5.28 Å². The quantitative estimate of drug-likeness (QED) is 0.127. The molecular formula is C41H34BrCl5N8S4. The first-order valence-electron chi connectivity index (χ1n) is 18.4. The first kappa shape index (κ1) is 44.4. The van der Waals surface area contributed by atoms with Gasteiger partial charge in [0.15, 0.2) is 0 Å². The first-order valence-corrected chi connectivity index (χ1v) is 24.5. The Morgan fingerprint density at radius 3 is 1.86 bits per heavy atom. The van der Waals surface area contributed by atoms with Crippen LogP contribution in [0.25, 0.3) is 52.0 Å². The second kappa shape index (κ2) is 20.0. The molecule has 0 radical (unpaired) electrons. The van der Waals surface area contributed by atoms with E-state index in [0.29, 0.717) is 32.4 Å². The van der Waals surface area contributed by atoms with Crippen molar-refractivity contribution in [3.8, 4) is 11.1 Å². The third-order valence-electron chi connectivity index (χ3n) is 9.79. The molecule has 8 heterocycles. The average Bonchev–Trinajstić information content (AvgIpc) is 4.00. The smallest absolute Gasteiger partial charge is 0.225 e. The maximum Gasteiger partial charge on any atom is 0.225 e. The van der Waals surface area contributed by atoms with E-state index in [1.54, 1.807) is 45.3 Å². The molecule has 8 nitrogen and oxygen atoms in total. The van der Waals surface area contributed by atoms with E-state index in [2.05, 4.69) is 99.5 Å². The third kappa shape index (κ3) is 10.0. The predicted molar refractivity (Wildman–Crippen MR) is 257 cm³/mol. The molecule has 10 rings (SSSR count). The van der Waals surface area contributed by atoms with E-state index in [9.17, 15) is 0 Å². The van der Waals surface area contributed by atoms with Crippen LogP contribution in [0.1, 0.15) is 79.4 Å². The third-order valence-corrected chi connectivity index (χ3v) is 15.8. The van der Waals surface area contributed by atoms with Gasteiger partial charge in [-0.3, -0.25) is 0 Å². The monoisotopic (exact) mass is 1020 g/mol. The first-order chi connectivity index (χ1) is 28.4. The van der Waals surface area contributed by atoms with Crippen molar-refractivity contribution in [3.05, 3.63) is 111 Å². The number of fused-ring (bicyclic) bond motifs is 4. The van der Waals surface area contributed by atoms with E-state index in [4.69, 9.17) is 58.0 Å². The van der Waals surface area contributed by atoms with Crippen LogP contribution in [-0.4, -0.2) is 39.9 Å². The number of thiophene rings is 4. The minimum atomic E-state index is 0.236. The summed E-state index contributed by atoms with van der Waals surface area (Å²) < 4.78 is 1.03. The minimum Gasteiger partial charge on any atom is -0.225 e. The van der Waals surface area contributed by atoms with Crippen molar-refractivity contribution in [1.29, 1.82) is 0 Å². The largest absolute Gasteiger partial charge is 0.225 e. The number of aromatic nitrogens is 8. The van der Waals surface area contributed by atoms with Gasteiger partial charge in [-0.25, -0.2) is 39.9 Å². The highest BCUT2D eigenvalue weighted by atomic mass is 79.9. The summed E-state index contributed by atoms with van der Waals surface area (Å²) in [6, 6.07) is 10.1. The molecule has 1 saturated carbocycles. The Morgan fingerprint density at radius 2 is 1.22 bits per heavy atom. The van der Waals surface area contributed by atoms with Crippen LogP contribution in [0.5, 0.6) is 0 Å². The highest BCUT2D eigenvalue weighted by Crippen LogP contribution is 2.44. The van der Waals surface area contributed by atoms with Crippen molar-refractivity contribution in [2.45, 2.75) is 71.6 Å². The molecule has 0 aliphatic heterocycles. The van der Waals surface area contributed by atoms with Crippen LogP contribution in [0.4, 0.5) is 0 Å². The summed E-state index contributed by atoms with van der Waals surface area (Å²) in [5.74, 6) is 1.09. The Bertz CT molecular complexity index is 2870. The maximum absolute atomic E-state index is 6.20. The molecule has 59 heavy (non-hydrogen) atoms. The number of halogens is 6. The van der Waals surface area contributed by atoms with Crippen LogP contribution in [0.2, 0.25) is 25.9 Å². The Kier molecular flexibility index (Phi) is 15.0. The van der Waals surface area contributed by atoms with Gasteiger partial charge in [-0.15, -0.1) is 45.3 Å². The molecule has 8 aromatic heterocycles. The van der Waals surface area contributed by atoms with Crippen LogP contribution in [-0.2, 0) is 0 Å². The highest BCUT2D eigenvalue weighted by molar-refractivity contribution is 9.11. The van der Waals surface area contributed by atoms with Crippen molar-refractivity contribution in [2.24, 2.45) is 0 Å². The van der Waals surface area contributed by atoms with Gasteiger partial charge in [0, 0.05) is 10.4 Å². The molecule has 1 aliphatic rings. The molecule has 0 amide bonds. The molecule has 1 aliphatic carbocycles. The van der Waals surface area contributed by atoms with Crippen LogP contribution < -0.4 is 0 Å². The van der Waals surface area contributed by atoms with Gasteiger partial charge in [0.25, 0.3) is 0 Å². The number of hydrogen-bond acceptors (Lipinski definition) is 12. The van der Waals surface area contributed by atoms with E-state index >= 15 is 0 Å². The van der Waals surface area contributed by atoms with Gasteiger partial charge in [0.05, 0.1) is 25.3 Å².